The maximum Gasteiger partial charge on any atom is 0.451 e. The van der Waals surface area contributed by atoms with Gasteiger partial charge in [0.2, 0.25) is 5.82 Å². The maximum atomic E-state index is 13.1. The zero-order valence-corrected chi connectivity index (χ0v) is 13.0. The molecule has 128 valence electrons. The number of piperidine rings is 1. The first-order valence-electron chi connectivity index (χ1n) is 7.59. The van der Waals surface area contributed by atoms with Crippen molar-refractivity contribution in [2.45, 2.75) is 25.9 Å². The predicted molar refractivity (Wildman–Crippen MR) is 81.8 cm³/mol. The Bertz CT molecular complexity index is 792. The van der Waals surface area contributed by atoms with E-state index >= 15 is 0 Å². The fourth-order valence-corrected chi connectivity index (χ4v) is 2.97. The van der Waals surface area contributed by atoms with E-state index in [2.05, 4.69) is 9.97 Å². The summed E-state index contributed by atoms with van der Waals surface area (Å²) in [5, 5.41) is 9.71. The largest absolute Gasteiger partial charge is 0.481 e. The molecule has 0 spiro atoms. The zero-order chi connectivity index (χ0) is 17.5. The summed E-state index contributed by atoms with van der Waals surface area (Å²) in [5.41, 5.74) is 1.08. The van der Waals surface area contributed by atoms with Crippen LogP contribution in [0.25, 0.3) is 10.9 Å². The SMILES string of the molecule is Cc1ccc2nc(C(F)(F)F)nc(N3CCCC(C(=O)O)C3)c2c1. The molecule has 0 amide bonds. The topological polar surface area (TPSA) is 66.3 Å². The number of nitrogens with zero attached hydrogens (tertiary/aromatic N) is 3. The molecule has 8 heteroatoms. The lowest BCUT2D eigenvalue weighted by molar-refractivity contribution is -0.145. The Morgan fingerprint density at radius 1 is 1.33 bits per heavy atom. The molecule has 2 heterocycles. The number of carboxylic acids is 1. The highest BCUT2D eigenvalue weighted by atomic mass is 19.4. The number of carboxylic acid groups (broad SMARTS) is 1. The summed E-state index contributed by atoms with van der Waals surface area (Å²) in [4.78, 5) is 20.2. The first-order valence-corrected chi connectivity index (χ1v) is 7.59. The van der Waals surface area contributed by atoms with Crippen LogP contribution in [0.4, 0.5) is 19.0 Å². The average Bonchev–Trinajstić information content (AvgIpc) is 2.53. The summed E-state index contributed by atoms with van der Waals surface area (Å²) in [6.07, 6.45) is -3.55. The third kappa shape index (κ3) is 3.13. The summed E-state index contributed by atoms with van der Waals surface area (Å²) in [6, 6.07) is 4.95. The van der Waals surface area contributed by atoms with Crippen molar-refractivity contribution in [2.24, 2.45) is 5.92 Å². The van der Waals surface area contributed by atoms with Crippen molar-refractivity contribution >= 4 is 22.7 Å². The van der Waals surface area contributed by atoms with Crippen LogP contribution in [0, 0.1) is 12.8 Å². The number of aliphatic carboxylic acids is 1. The van der Waals surface area contributed by atoms with Gasteiger partial charge in [-0.3, -0.25) is 4.79 Å². The standard InChI is InChI=1S/C16H16F3N3O2/c1-9-4-5-12-11(7-9)13(21-15(20-12)16(17,18)19)22-6-2-3-10(8-22)14(23)24/h4-5,7,10H,2-3,6,8H2,1H3,(H,23,24). The fourth-order valence-electron chi connectivity index (χ4n) is 2.97. The summed E-state index contributed by atoms with van der Waals surface area (Å²) in [5.74, 6) is -2.60. The van der Waals surface area contributed by atoms with E-state index < -0.39 is 23.9 Å². The molecular weight excluding hydrogens is 323 g/mol. The van der Waals surface area contributed by atoms with Gasteiger partial charge in [0.05, 0.1) is 11.4 Å². The Morgan fingerprint density at radius 2 is 2.08 bits per heavy atom. The maximum absolute atomic E-state index is 13.1. The monoisotopic (exact) mass is 339 g/mol. The number of hydrogen-bond donors (Lipinski definition) is 1. The Morgan fingerprint density at radius 3 is 2.75 bits per heavy atom. The third-order valence-corrected chi connectivity index (χ3v) is 4.15. The summed E-state index contributed by atoms with van der Waals surface area (Å²) in [7, 11) is 0. The molecule has 2 aromatic rings. The van der Waals surface area contributed by atoms with Gasteiger partial charge >= 0.3 is 12.1 Å². The van der Waals surface area contributed by atoms with Gasteiger partial charge in [-0.05, 0) is 31.9 Å². The van der Waals surface area contributed by atoms with Crippen LogP contribution < -0.4 is 4.90 Å². The molecule has 1 aliphatic rings. The van der Waals surface area contributed by atoms with Crippen LogP contribution in [0.3, 0.4) is 0 Å². The van der Waals surface area contributed by atoms with Gasteiger partial charge in [0.1, 0.15) is 5.82 Å². The minimum atomic E-state index is -4.66. The van der Waals surface area contributed by atoms with Crippen LogP contribution in [0.2, 0.25) is 0 Å². The van der Waals surface area contributed by atoms with E-state index in [-0.39, 0.29) is 17.9 Å². The molecule has 1 N–H and O–H groups in total. The molecule has 0 bridgehead atoms. The van der Waals surface area contributed by atoms with Gasteiger partial charge in [0, 0.05) is 18.5 Å². The molecule has 1 unspecified atom stereocenters. The number of anilines is 1. The highest BCUT2D eigenvalue weighted by Crippen LogP contribution is 2.33. The summed E-state index contributed by atoms with van der Waals surface area (Å²) < 4.78 is 39.3. The third-order valence-electron chi connectivity index (χ3n) is 4.15. The van der Waals surface area contributed by atoms with Gasteiger partial charge in [-0.1, -0.05) is 11.6 Å². The average molecular weight is 339 g/mol. The zero-order valence-electron chi connectivity index (χ0n) is 13.0. The second-order valence-electron chi connectivity index (χ2n) is 6.01. The van der Waals surface area contributed by atoms with E-state index in [9.17, 15) is 23.1 Å². The lowest BCUT2D eigenvalue weighted by atomic mass is 9.98. The molecule has 1 aromatic carbocycles. The minimum Gasteiger partial charge on any atom is -0.481 e. The molecule has 0 radical (unpaired) electrons. The highest BCUT2D eigenvalue weighted by molar-refractivity contribution is 5.90. The van der Waals surface area contributed by atoms with Gasteiger partial charge in [-0.2, -0.15) is 13.2 Å². The second kappa shape index (κ2) is 5.92. The van der Waals surface area contributed by atoms with Crippen LogP contribution in [0.15, 0.2) is 18.2 Å². The van der Waals surface area contributed by atoms with E-state index in [1.807, 2.05) is 6.92 Å². The number of halogens is 3. The van der Waals surface area contributed by atoms with Gasteiger partial charge < -0.3 is 10.0 Å². The van der Waals surface area contributed by atoms with Crippen molar-refractivity contribution < 1.29 is 23.1 Å². The molecule has 1 aromatic heterocycles. The van der Waals surface area contributed by atoms with Crippen molar-refractivity contribution in [1.82, 2.24) is 9.97 Å². The molecule has 1 atom stereocenters. The van der Waals surface area contributed by atoms with E-state index in [1.165, 1.54) is 6.07 Å². The van der Waals surface area contributed by atoms with Gasteiger partial charge in [0.25, 0.3) is 0 Å². The lowest BCUT2D eigenvalue weighted by Gasteiger charge is -2.32. The van der Waals surface area contributed by atoms with Crippen LogP contribution in [0.5, 0.6) is 0 Å². The Balaban J connectivity index is 2.13. The van der Waals surface area contributed by atoms with E-state index in [1.54, 1.807) is 17.0 Å². The molecule has 0 saturated carbocycles. The molecule has 0 aliphatic carbocycles. The second-order valence-corrected chi connectivity index (χ2v) is 6.01. The number of benzene rings is 1. The van der Waals surface area contributed by atoms with Crippen molar-refractivity contribution in [3.63, 3.8) is 0 Å². The van der Waals surface area contributed by atoms with Gasteiger partial charge in [0.15, 0.2) is 0 Å². The van der Waals surface area contributed by atoms with Crippen LogP contribution >= 0.6 is 0 Å². The molecule has 24 heavy (non-hydrogen) atoms. The van der Waals surface area contributed by atoms with Gasteiger partial charge in [-0.25, -0.2) is 9.97 Å². The smallest absolute Gasteiger partial charge is 0.451 e. The van der Waals surface area contributed by atoms with E-state index in [0.717, 1.165) is 5.56 Å². The summed E-state index contributed by atoms with van der Waals surface area (Å²) >= 11 is 0. The molecule has 1 aliphatic heterocycles. The fraction of sp³-hybridized carbons (Fsp3) is 0.438. The number of carbonyl (C=O) groups is 1. The van der Waals surface area contributed by atoms with Crippen molar-refractivity contribution in [1.29, 1.82) is 0 Å². The van der Waals surface area contributed by atoms with Crippen LogP contribution in [0.1, 0.15) is 24.2 Å². The van der Waals surface area contributed by atoms with Crippen LogP contribution in [-0.2, 0) is 11.0 Å². The Kier molecular flexibility index (Phi) is 4.06. The first-order chi connectivity index (χ1) is 11.3. The lowest BCUT2D eigenvalue weighted by Crippen LogP contribution is -2.39. The Hall–Kier alpha value is -2.38. The van der Waals surface area contributed by atoms with Crippen molar-refractivity contribution in [2.75, 3.05) is 18.0 Å². The number of hydrogen-bond acceptors (Lipinski definition) is 4. The van der Waals surface area contributed by atoms with Crippen molar-refractivity contribution in [3.05, 3.63) is 29.6 Å². The molecule has 1 saturated heterocycles. The molecule has 5 nitrogen and oxygen atoms in total. The molecule has 3 rings (SSSR count). The number of aromatic nitrogens is 2. The number of fused-ring (bicyclic) bond motifs is 1. The van der Waals surface area contributed by atoms with E-state index in [4.69, 9.17) is 0 Å². The predicted octanol–water partition coefficient (Wildman–Crippen LogP) is 3.26. The van der Waals surface area contributed by atoms with Gasteiger partial charge in [-0.15, -0.1) is 0 Å². The quantitative estimate of drug-likeness (QED) is 0.910. The summed E-state index contributed by atoms with van der Waals surface area (Å²) in [6.45, 7) is 2.45. The van der Waals surface area contributed by atoms with Crippen molar-refractivity contribution in [3.8, 4) is 0 Å². The van der Waals surface area contributed by atoms with Crippen LogP contribution in [-0.4, -0.2) is 34.1 Å². The molecular formula is C16H16F3N3O2. The first kappa shape index (κ1) is 16.5. The van der Waals surface area contributed by atoms with E-state index in [0.29, 0.717) is 24.8 Å². The minimum absolute atomic E-state index is 0.146. The number of aryl methyl sites for hydroxylation is 1. The normalized spacial score (nSPS) is 18.8. The number of alkyl halides is 3. The highest BCUT2D eigenvalue weighted by Gasteiger charge is 2.37. The molecule has 1 fully saturated rings. The Labute approximate surface area is 136 Å². The number of rotatable bonds is 2.